The van der Waals surface area contributed by atoms with Crippen molar-refractivity contribution >= 4 is 5.97 Å². The Kier molecular flexibility index (Phi) is 5.92. The summed E-state index contributed by atoms with van der Waals surface area (Å²) in [6, 6.07) is 0.215. The fraction of sp³-hybridized carbons (Fsp3) is 0.923. The summed E-state index contributed by atoms with van der Waals surface area (Å²) in [6.07, 6.45) is 1.99. The van der Waals surface area contributed by atoms with E-state index in [1.165, 1.54) is 0 Å². The molecule has 3 atom stereocenters. The molecule has 1 rings (SSSR count). The molecule has 1 aliphatic heterocycles. The Balaban J connectivity index is 2.72. The van der Waals surface area contributed by atoms with Gasteiger partial charge in [-0.3, -0.25) is 9.69 Å². The molecule has 0 radical (unpaired) electrons. The number of hydrogen-bond donors (Lipinski definition) is 0. The average molecular weight is 243 g/mol. The maximum absolute atomic E-state index is 11.9. The zero-order valence-corrected chi connectivity index (χ0v) is 11.4. The minimum Gasteiger partial charge on any atom is -0.465 e. The van der Waals surface area contributed by atoms with Crippen LogP contribution in [0.3, 0.4) is 0 Å². The number of nitrogens with zero attached hydrogens (tertiary/aromatic N) is 1. The van der Waals surface area contributed by atoms with Gasteiger partial charge in [0.2, 0.25) is 0 Å². The molecule has 0 N–H and O–H groups in total. The van der Waals surface area contributed by atoms with Crippen molar-refractivity contribution in [2.75, 3.05) is 19.8 Å². The van der Waals surface area contributed by atoms with Gasteiger partial charge >= 0.3 is 5.97 Å². The Morgan fingerprint density at radius 1 is 1.47 bits per heavy atom. The molecule has 0 saturated carbocycles. The quantitative estimate of drug-likeness (QED) is 0.691. The molecule has 0 aromatic heterocycles. The van der Waals surface area contributed by atoms with Crippen LogP contribution in [-0.2, 0) is 14.3 Å². The van der Waals surface area contributed by atoms with Gasteiger partial charge in [-0.05, 0) is 26.7 Å². The van der Waals surface area contributed by atoms with Crippen molar-refractivity contribution in [2.45, 2.75) is 58.7 Å². The first-order valence-corrected chi connectivity index (χ1v) is 6.67. The van der Waals surface area contributed by atoms with Crippen LogP contribution in [0.2, 0.25) is 0 Å². The summed E-state index contributed by atoms with van der Waals surface area (Å²) in [7, 11) is 0. The third-order valence-corrected chi connectivity index (χ3v) is 3.33. The third kappa shape index (κ3) is 3.68. The molecular weight excluding hydrogens is 218 g/mol. The van der Waals surface area contributed by atoms with E-state index < -0.39 is 0 Å². The van der Waals surface area contributed by atoms with Gasteiger partial charge in [0.25, 0.3) is 0 Å². The number of esters is 1. The highest BCUT2D eigenvalue weighted by molar-refractivity contribution is 5.75. The normalized spacial score (nSPS) is 27.8. The number of rotatable bonds is 5. The molecule has 0 aromatic carbocycles. The molecule has 1 saturated heterocycles. The van der Waals surface area contributed by atoms with Crippen LogP contribution in [0.1, 0.15) is 40.5 Å². The summed E-state index contributed by atoms with van der Waals surface area (Å²) in [5.41, 5.74) is 0. The highest BCUT2D eigenvalue weighted by Gasteiger charge is 2.34. The van der Waals surface area contributed by atoms with Gasteiger partial charge in [0.1, 0.15) is 6.04 Å². The molecule has 4 nitrogen and oxygen atoms in total. The SMILES string of the molecule is CCOC(=O)C(CC)N1CC(C)OCC1CC. The van der Waals surface area contributed by atoms with Crippen LogP contribution in [-0.4, -0.2) is 48.8 Å². The molecule has 100 valence electrons. The van der Waals surface area contributed by atoms with E-state index in [9.17, 15) is 4.79 Å². The summed E-state index contributed by atoms with van der Waals surface area (Å²) in [5.74, 6) is -0.0949. The first-order chi connectivity index (χ1) is 8.13. The van der Waals surface area contributed by atoms with Gasteiger partial charge in [0.05, 0.1) is 19.3 Å². The van der Waals surface area contributed by atoms with E-state index in [-0.39, 0.29) is 18.1 Å². The lowest BCUT2D eigenvalue weighted by Crippen LogP contribution is -2.55. The largest absolute Gasteiger partial charge is 0.465 e. The molecule has 17 heavy (non-hydrogen) atoms. The zero-order chi connectivity index (χ0) is 12.8. The smallest absolute Gasteiger partial charge is 0.323 e. The minimum absolute atomic E-state index is 0.0949. The van der Waals surface area contributed by atoms with E-state index in [0.717, 1.165) is 19.4 Å². The predicted molar refractivity (Wildman–Crippen MR) is 66.9 cm³/mol. The predicted octanol–water partition coefficient (Wildman–Crippen LogP) is 1.83. The second-order valence-corrected chi connectivity index (χ2v) is 4.58. The highest BCUT2D eigenvalue weighted by Crippen LogP contribution is 2.20. The van der Waals surface area contributed by atoms with Crippen molar-refractivity contribution in [1.29, 1.82) is 0 Å². The molecule has 3 unspecified atom stereocenters. The molecule has 4 heteroatoms. The summed E-state index contributed by atoms with van der Waals surface area (Å²) < 4.78 is 10.8. The standard InChI is InChI=1S/C13H25NO3/c1-5-11-9-17-10(4)8-14(11)12(6-2)13(15)16-7-3/h10-12H,5-9H2,1-4H3. The molecule has 1 fully saturated rings. The lowest BCUT2D eigenvalue weighted by atomic mass is 10.1. The van der Waals surface area contributed by atoms with Crippen LogP contribution in [0, 0.1) is 0 Å². The number of morpholine rings is 1. The lowest BCUT2D eigenvalue weighted by Gasteiger charge is -2.41. The molecule has 0 aromatic rings. The Labute approximate surface area is 104 Å². The molecule has 1 aliphatic rings. The monoisotopic (exact) mass is 243 g/mol. The first kappa shape index (κ1) is 14.5. The van der Waals surface area contributed by atoms with E-state index in [0.29, 0.717) is 19.3 Å². The fourth-order valence-corrected chi connectivity index (χ4v) is 2.38. The minimum atomic E-state index is -0.119. The topological polar surface area (TPSA) is 38.8 Å². The van der Waals surface area contributed by atoms with Crippen molar-refractivity contribution in [3.63, 3.8) is 0 Å². The van der Waals surface area contributed by atoms with E-state index in [1.54, 1.807) is 0 Å². The van der Waals surface area contributed by atoms with Crippen LogP contribution in [0.25, 0.3) is 0 Å². The summed E-state index contributed by atoms with van der Waals surface area (Å²) in [4.78, 5) is 14.2. The Bertz CT molecular complexity index is 245. The van der Waals surface area contributed by atoms with Crippen LogP contribution < -0.4 is 0 Å². The highest BCUT2D eigenvalue weighted by atomic mass is 16.5. The van der Waals surface area contributed by atoms with E-state index in [1.807, 2.05) is 13.8 Å². The molecule has 0 amide bonds. The lowest BCUT2D eigenvalue weighted by molar-refractivity contribution is -0.156. The van der Waals surface area contributed by atoms with E-state index in [2.05, 4.69) is 18.7 Å². The number of hydrogen-bond acceptors (Lipinski definition) is 4. The number of carbonyl (C=O) groups excluding carboxylic acids is 1. The first-order valence-electron chi connectivity index (χ1n) is 6.67. The van der Waals surface area contributed by atoms with Gasteiger partial charge in [-0.15, -0.1) is 0 Å². The Hall–Kier alpha value is -0.610. The van der Waals surface area contributed by atoms with Crippen LogP contribution in [0.5, 0.6) is 0 Å². The van der Waals surface area contributed by atoms with E-state index >= 15 is 0 Å². The van der Waals surface area contributed by atoms with Crippen molar-refractivity contribution < 1.29 is 14.3 Å². The maximum atomic E-state index is 11.9. The number of ether oxygens (including phenoxy) is 2. The molecule has 0 spiro atoms. The van der Waals surface area contributed by atoms with Crippen LogP contribution in [0.15, 0.2) is 0 Å². The Morgan fingerprint density at radius 2 is 2.18 bits per heavy atom. The van der Waals surface area contributed by atoms with Gasteiger partial charge in [0.15, 0.2) is 0 Å². The van der Waals surface area contributed by atoms with Crippen molar-refractivity contribution in [3.8, 4) is 0 Å². The summed E-state index contributed by atoms with van der Waals surface area (Å²) in [6.45, 7) is 10.1. The fourth-order valence-electron chi connectivity index (χ4n) is 2.38. The molecule has 0 aliphatic carbocycles. The summed E-state index contributed by atoms with van der Waals surface area (Å²) in [5, 5.41) is 0. The summed E-state index contributed by atoms with van der Waals surface area (Å²) >= 11 is 0. The second-order valence-electron chi connectivity index (χ2n) is 4.58. The van der Waals surface area contributed by atoms with Crippen molar-refractivity contribution in [2.24, 2.45) is 0 Å². The van der Waals surface area contributed by atoms with Gasteiger partial charge in [0, 0.05) is 12.6 Å². The van der Waals surface area contributed by atoms with Crippen molar-refractivity contribution in [1.82, 2.24) is 4.90 Å². The van der Waals surface area contributed by atoms with Crippen molar-refractivity contribution in [3.05, 3.63) is 0 Å². The Morgan fingerprint density at radius 3 is 2.71 bits per heavy atom. The third-order valence-electron chi connectivity index (χ3n) is 3.33. The van der Waals surface area contributed by atoms with Gasteiger partial charge in [-0.1, -0.05) is 13.8 Å². The number of carbonyl (C=O) groups is 1. The average Bonchev–Trinajstić information content (AvgIpc) is 2.31. The molecular formula is C13H25NO3. The molecule has 1 heterocycles. The maximum Gasteiger partial charge on any atom is 0.323 e. The van der Waals surface area contributed by atoms with Gasteiger partial charge in [-0.2, -0.15) is 0 Å². The van der Waals surface area contributed by atoms with Gasteiger partial charge < -0.3 is 9.47 Å². The van der Waals surface area contributed by atoms with E-state index in [4.69, 9.17) is 9.47 Å². The van der Waals surface area contributed by atoms with Gasteiger partial charge in [-0.25, -0.2) is 0 Å². The zero-order valence-electron chi connectivity index (χ0n) is 11.4. The molecule has 0 bridgehead atoms. The van der Waals surface area contributed by atoms with Crippen LogP contribution in [0.4, 0.5) is 0 Å². The van der Waals surface area contributed by atoms with Crippen LogP contribution >= 0.6 is 0 Å². The second kappa shape index (κ2) is 6.97.